The normalized spacial score (nSPS) is 15.6. The predicted octanol–water partition coefficient (Wildman–Crippen LogP) is 0.933. The number of alkyl halides is 3. The molecule has 89 valence electrons. The Kier molecular flexibility index (Phi) is 3.53. The fourth-order valence-corrected chi connectivity index (χ4v) is 1.24. The molecule has 0 bridgehead atoms. The van der Waals surface area contributed by atoms with Crippen LogP contribution in [0.1, 0.15) is 5.56 Å². The molecule has 3 N–H and O–H groups in total. The molecular weight excluding hydrogens is 251 g/mol. The van der Waals surface area contributed by atoms with Crippen LogP contribution < -0.4 is 10.1 Å². The lowest BCUT2D eigenvalue weighted by atomic mass is 10.2. The van der Waals surface area contributed by atoms with E-state index < -0.39 is 22.5 Å². The molecule has 1 radical (unpaired) electrons. The second kappa shape index (κ2) is 4.37. The van der Waals surface area contributed by atoms with Crippen LogP contribution in [-0.2, 0) is 30.0 Å². The molecule has 0 aromatic heterocycles. The average molecular weight is 258 g/mol. The van der Waals surface area contributed by atoms with Gasteiger partial charge in [0, 0.05) is 4.21 Å². The molecule has 16 heavy (non-hydrogen) atoms. The van der Waals surface area contributed by atoms with Gasteiger partial charge >= 0.3 is 17.0 Å². The molecule has 0 aliphatic rings. The maximum atomic E-state index is 12.1. The largest absolute Gasteiger partial charge is 0.640 e. The topological polar surface area (TPSA) is 83.1 Å². The Hall–Kier alpha value is -1.16. The van der Waals surface area contributed by atoms with Crippen molar-refractivity contribution >= 4 is 10.8 Å². The third-order valence-corrected chi connectivity index (χ3v) is 2.21. The molecular formula is C7H7F3NO4S+2. The summed E-state index contributed by atoms with van der Waals surface area (Å²) in [4.78, 5) is 0. The third kappa shape index (κ3) is 3.45. The van der Waals surface area contributed by atoms with E-state index in [2.05, 4.69) is 14.4 Å². The van der Waals surface area contributed by atoms with Crippen LogP contribution in [0.3, 0.4) is 0 Å². The summed E-state index contributed by atoms with van der Waals surface area (Å²) in [6, 6.07) is 3.10. The van der Waals surface area contributed by atoms with Crippen molar-refractivity contribution in [2.24, 2.45) is 0 Å². The van der Waals surface area contributed by atoms with E-state index in [1.54, 1.807) is 0 Å². The van der Waals surface area contributed by atoms with Crippen molar-refractivity contribution in [1.82, 2.24) is 0 Å². The van der Waals surface area contributed by atoms with Crippen LogP contribution in [0.2, 0.25) is 0 Å². The van der Waals surface area contributed by atoms with Crippen LogP contribution in [0.15, 0.2) is 24.3 Å². The minimum Gasteiger partial charge on any atom is -0.219 e. The first-order valence-corrected chi connectivity index (χ1v) is 5.13. The Morgan fingerprint density at radius 3 is 2.06 bits per heavy atom. The smallest absolute Gasteiger partial charge is 0.219 e. The van der Waals surface area contributed by atoms with Crippen molar-refractivity contribution in [1.29, 1.82) is 0 Å². The quantitative estimate of drug-likeness (QED) is 0.646. The first-order chi connectivity index (χ1) is 7.24. The number of hydrogen-bond acceptors (Lipinski definition) is 3. The molecule has 0 spiro atoms. The molecule has 0 amide bonds. The van der Waals surface area contributed by atoms with Crippen molar-refractivity contribution in [3.8, 4) is 5.75 Å². The molecule has 0 saturated heterocycles. The summed E-state index contributed by atoms with van der Waals surface area (Å²) >= 11 is 0. The summed E-state index contributed by atoms with van der Waals surface area (Å²) in [7, 11) is -4.31. The van der Waals surface area contributed by atoms with E-state index >= 15 is 0 Å². The van der Waals surface area contributed by atoms with E-state index in [0.717, 1.165) is 12.1 Å². The van der Waals surface area contributed by atoms with Gasteiger partial charge in [0.2, 0.25) is 0 Å². The highest BCUT2D eigenvalue weighted by atomic mass is 32.3. The summed E-state index contributed by atoms with van der Waals surface area (Å²) in [6.45, 7) is 0. The molecule has 1 rings (SSSR count). The minimum absolute atomic E-state index is 0.295. The van der Waals surface area contributed by atoms with Crippen LogP contribution in [0.25, 0.3) is 0 Å². The molecule has 9 heteroatoms. The van der Waals surface area contributed by atoms with Gasteiger partial charge in [0.25, 0.3) is 0 Å². The van der Waals surface area contributed by atoms with Gasteiger partial charge in [-0.15, -0.1) is 0 Å². The number of benzene rings is 1. The Bertz CT molecular complexity index is 405. The van der Waals surface area contributed by atoms with Gasteiger partial charge in [0.05, 0.1) is 9.85 Å². The summed E-state index contributed by atoms with van der Waals surface area (Å²) in [6.07, 6.45) is -4.49. The zero-order valence-electron chi connectivity index (χ0n) is 7.69. The minimum atomic E-state index is -4.49. The molecule has 1 atom stereocenters. The molecule has 1 aromatic rings. The van der Waals surface area contributed by atoms with Crippen molar-refractivity contribution in [3.63, 3.8) is 0 Å². The van der Waals surface area contributed by atoms with Crippen LogP contribution in [0.4, 0.5) is 13.2 Å². The molecule has 5 nitrogen and oxygen atoms in total. The molecule has 1 unspecified atom stereocenters. The highest BCUT2D eigenvalue weighted by molar-refractivity contribution is 7.88. The van der Waals surface area contributed by atoms with Gasteiger partial charge in [-0.2, -0.15) is 19.1 Å². The number of halogens is 3. The third-order valence-electron chi connectivity index (χ3n) is 1.52. The maximum Gasteiger partial charge on any atom is 0.640 e. The van der Waals surface area contributed by atoms with Gasteiger partial charge < -0.3 is 0 Å². The van der Waals surface area contributed by atoms with Crippen LogP contribution in [0, 0.1) is 0 Å². The van der Waals surface area contributed by atoms with Crippen molar-refractivity contribution in [2.75, 3.05) is 0 Å². The lowest BCUT2D eigenvalue weighted by Gasteiger charge is -2.05. The second-order valence-corrected chi connectivity index (χ2v) is 3.85. The van der Waals surface area contributed by atoms with Crippen LogP contribution in [-0.4, -0.2) is 0 Å². The summed E-state index contributed by atoms with van der Waals surface area (Å²) < 4.78 is 65.8. The van der Waals surface area contributed by atoms with Crippen LogP contribution >= 0.6 is 0 Å². The predicted molar refractivity (Wildman–Crippen MR) is 44.8 cm³/mol. The van der Waals surface area contributed by atoms with E-state index in [9.17, 15) is 21.9 Å². The van der Waals surface area contributed by atoms with E-state index in [4.69, 9.17) is 0 Å². The Labute approximate surface area is 89.6 Å². The van der Waals surface area contributed by atoms with Gasteiger partial charge in [0.15, 0.2) is 5.75 Å². The summed E-state index contributed by atoms with van der Waals surface area (Å²) in [5, 5.41) is 0. The van der Waals surface area contributed by atoms with Gasteiger partial charge in [-0.3, -0.25) is 0 Å². The van der Waals surface area contributed by atoms with Crippen LogP contribution in [0.5, 0.6) is 5.75 Å². The molecule has 0 aliphatic heterocycles. The van der Waals surface area contributed by atoms with Gasteiger partial charge in [-0.25, -0.2) is 4.18 Å². The van der Waals surface area contributed by atoms with Crippen molar-refractivity contribution in [2.45, 2.75) is 6.18 Å². The monoisotopic (exact) mass is 258 g/mol. The highest BCUT2D eigenvalue weighted by Gasteiger charge is 2.37. The van der Waals surface area contributed by atoms with Crippen molar-refractivity contribution in [3.05, 3.63) is 29.8 Å². The molecule has 0 aliphatic carbocycles. The number of rotatable bonds is 3. The molecule has 1 aromatic carbocycles. The average Bonchev–Trinajstić information content (AvgIpc) is 2.16. The number of hydrogen-bond donors (Lipinski definition) is 1. The SMILES string of the molecule is [NH3+]O[S+]([O])(=O)Oc1ccc(C(F)(F)F)cc1. The number of quaternary nitrogens is 1. The van der Waals surface area contributed by atoms with E-state index in [-0.39, 0.29) is 5.75 Å². The van der Waals surface area contributed by atoms with E-state index in [0.29, 0.717) is 12.1 Å². The van der Waals surface area contributed by atoms with E-state index in [1.807, 2.05) is 0 Å². The van der Waals surface area contributed by atoms with E-state index in [1.165, 1.54) is 0 Å². The van der Waals surface area contributed by atoms with Gasteiger partial charge in [-0.1, -0.05) is 0 Å². The standard InChI is InChI=1S/C7H7F3NO4S/c8-7(9,10)5-1-3-6(4-2-5)14-16(12,13)15-11/h1-4H,11H3/q+2. The lowest BCUT2D eigenvalue weighted by molar-refractivity contribution is -0.639. The second-order valence-electron chi connectivity index (χ2n) is 2.63. The lowest BCUT2D eigenvalue weighted by Crippen LogP contribution is -2.53. The maximum absolute atomic E-state index is 12.1. The van der Waals surface area contributed by atoms with Gasteiger partial charge in [-0.05, 0) is 24.3 Å². The summed E-state index contributed by atoms with van der Waals surface area (Å²) in [5.74, 6) is 2.32. The highest BCUT2D eigenvalue weighted by Crippen LogP contribution is 2.30. The fraction of sp³-hybridized carbons (Fsp3) is 0.143. The summed E-state index contributed by atoms with van der Waals surface area (Å²) in [5.41, 5.74) is -0.909. The molecule has 0 heterocycles. The Morgan fingerprint density at radius 2 is 1.69 bits per heavy atom. The zero-order chi connectivity index (χ0) is 12.4. The molecule has 0 fully saturated rings. The Balaban J connectivity index is 2.84. The van der Waals surface area contributed by atoms with Crippen molar-refractivity contribution < 1.29 is 36.3 Å². The molecule has 0 saturated carbocycles. The first kappa shape index (κ1) is 12.9. The zero-order valence-corrected chi connectivity index (χ0v) is 8.51. The van der Waals surface area contributed by atoms with Gasteiger partial charge in [0.1, 0.15) is 4.55 Å². The first-order valence-electron chi connectivity index (χ1n) is 3.80. The fourth-order valence-electron chi connectivity index (χ4n) is 0.841. The Morgan fingerprint density at radius 1 is 1.19 bits per heavy atom.